The predicted octanol–water partition coefficient (Wildman–Crippen LogP) is 1.18. The number of likely N-dealkylation sites (N-methyl/N-ethyl adjacent to an activating group) is 1. The van der Waals surface area contributed by atoms with Crippen LogP contribution in [-0.4, -0.2) is 56.3 Å². The van der Waals surface area contributed by atoms with Crippen molar-refractivity contribution in [1.29, 1.82) is 0 Å². The molecule has 0 radical (unpaired) electrons. The van der Waals surface area contributed by atoms with Crippen LogP contribution >= 0.6 is 0 Å². The molecule has 2 fully saturated rings. The van der Waals surface area contributed by atoms with Crippen LogP contribution in [0.5, 0.6) is 0 Å². The highest BCUT2D eigenvalue weighted by Gasteiger charge is 2.29. The molecule has 2 aliphatic heterocycles. The standard InChI is InChI=1S/C13H27N3O2S/c1-15(12-13-8-4-5-9-14-13)19(17,18)16-10-6-2-3-7-11-16/h13-14H,2-12H2,1H3. The fourth-order valence-corrected chi connectivity index (χ4v) is 4.44. The number of hydrogen-bond donors (Lipinski definition) is 1. The lowest BCUT2D eigenvalue weighted by Gasteiger charge is -2.31. The number of nitrogens with zero attached hydrogens (tertiary/aromatic N) is 2. The minimum atomic E-state index is -3.26. The van der Waals surface area contributed by atoms with Gasteiger partial charge in [0.05, 0.1) is 0 Å². The monoisotopic (exact) mass is 289 g/mol. The van der Waals surface area contributed by atoms with E-state index in [1.165, 1.54) is 12.8 Å². The molecule has 1 atom stereocenters. The highest BCUT2D eigenvalue weighted by molar-refractivity contribution is 7.86. The summed E-state index contributed by atoms with van der Waals surface area (Å²) in [6.45, 7) is 2.98. The van der Waals surface area contributed by atoms with Crippen LogP contribution in [0.4, 0.5) is 0 Å². The van der Waals surface area contributed by atoms with E-state index in [0.29, 0.717) is 25.7 Å². The highest BCUT2D eigenvalue weighted by atomic mass is 32.2. The fourth-order valence-electron chi connectivity index (χ4n) is 2.95. The van der Waals surface area contributed by atoms with Gasteiger partial charge in [-0.3, -0.25) is 0 Å². The molecule has 6 heteroatoms. The summed E-state index contributed by atoms with van der Waals surface area (Å²) in [4.78, 5) is 0. The average molecular weight is 289 g/mol. The normalized spacial score (nSPS) is 27.4. The largest absolute Gasteiger partial charge is 0.313 e. The van der Waals surface area contributed by atoms with Gasteiger partial charge in [0.15, 0.2) is 0 Å². The third-order valence-electron chi connectivity index (χ3n) is 4.18. The Balaban J connectivity index is 1.92. The molecule has 2 aliphatic rings. The lowest BCUT2D eigenvalue weighted by atomic mass is 10.1. The third kappa shape index (κ3) is 4.15. The Morgan fingerprint density at radius 2 is 1.79 bits per heavy atom. The van der Waals surface area contributed by atoms with Crippen LogP contribution in [0.15, 0.2) is 0 Å². The molecular formula is C13H27N3O2S. The third-order valence-corrected chi connectivity index (χ3v) is 6.13. The van der Waals surface area contributed by atoms with Crippen LogP contribution < -0.4 is 5.32 Å². The number of hydrogen-bond acceptors (Lipinski definition) is 3. The lowest BCUT2D eigenvalue weighted by Crippen LogP contribution is -2.49. The first kappa shape index (κ1) is 15.2. The molecule has 0 bridgehead atoms. The summed E-state index contributed by atoms with van der Waals surface area (Å²) in [6, 6.07) is 0.320. The maximum atomic E-state index is 12.5. The molecule has 0 aromatic rings. The van der Waals surface area contributed by atoms with E-state index < -0.39 is 10.2 Å². The van der Waals surface area contributed by atoms with Crippen LogP contribution in [0.2, 0.25) is 0 Å². The second-order valence-corrected chi connectivity index (χ2v) is 7.78. The average Bonchev–Trinajstić information content (AvgIpc) is 2.69. The Morgan fingerprint density at radius 1 is 1.11 bits per heavy atom. The van der Waals surface area contributed by atoms with Gasteiger partial charge in [-0.05, 0) is 32.2 Å². The Bertz CT molecular complexity index is 358. The summed E-state index contributed by atoms with van der Waals surface area (Å²) >= 11 is 0. The SMILES string of the molecule is CN(CC1CCCCN1)S(=O)(=O)N1CCCCCC1. The van der Waals surface area contributed by atoms with E-state index in [4.69, 9.17) is 0 Å². The van der Waals surface area contributed by atoms with Crippen molar-refractivity contribution in [2.45, 2.75) is 51.0 Å². The smallest absolute Gasteiger partial charge is 0.281 e. The van der Waals surface area contributed by atoms with Gasteiger partial charge in [0, 0.05) is 32.7 Å². The molecule has 112 valence electrons. The molecule has 0 aliphatic carbocycles. The minimum Gasteiger partial charge on any atom is -0.313 e. The molecule has 19 heavy (non-hydrogen) atoms. The Morgan fingerprint density at radius 3 is 2.37 bits per heavy atom. The van der Waals surface area contributed by atoms with Gasteiger partial charge in [-0.2, -0.15) is 17.0 Å². The van der Waals surface area contributed by atoms with E-state index in [0.717, 1.165) is 38.6 Å². The van der Waals surface area contributed by atoms with Crippen molar-refractivity contribution >= 4 is 10.2 Å². The Hall–Kier alpha value is -0.170. The van der Waals surface area contributed by atoms with Crippen molar-refractivity contribution in [1.82, 2.24) is 13.9 Å². The van der Waals surface area contributed by atoms with Crippen molar-refractivity contribution in [3.63, 3.8) is 0 Å². The van der Waals surface area contributed by atoms with Crippen LogP contribution in [0.25, 0.3) is 0 Å². The molecule has 0 amide bonds. The van der Waals surface area contributed by atoms with E-state index >= 15 is 0 Å². The van der Waals surface area contributed by atoms with Gasteiger partial charge >= 0.3 is 0 Å². The first-order chi connectivity index (χ1) is 9.10. The van der Waals surface area contributed by atoms with Gasteiger partial charge in [-0.15, -0.1) is 0 Å². The molecule has 2 heterocycles. The topological polar surface area (TPSA) is 52.7 Å². The molecular weight excluding hydrogens is 262 g/mol. The van der Waals surface area contributed by atoms with Crippen molar-refractivity contribution in [3.8, 4) is 0 Å². The summed E-state index contributed by atoms with van der Waals surface area (Å²) in [6.07, 6.45) is 7.79. The second kappa shape index (κ2) is 7.02. The fraction of sp³-hybridized carbons (Fsp3) is 1.00. The Labute approximate surface area is 117 Å². The zero-order chi connectivity index (χ0) is 13.7. The Kier molecular flexibility index (Phi) is 5.62. The number of nitrogens with one attached hydrogen (secondary N) is 1. The van der Waals surface area contributed by atoms with Gasteiger partial charge in [-0.25, -0.2) is 0 Å². The number of rotatable bonds is 4. The summed E-state index contributed by atoms with van der Waals surface area (Å²) in [5.41, 5.74) is 0. The molecule has 1 N–H and O–H groups in total. The highest BCUT2D eigenvalue weighted by Crippen LogP contribution is 2.17. The van der Waals surface area contributed by atoms with Gasteiger partial charge in [-0.1, -0.05) is 19.3 Å². The van der Waals surface area contributed by atoms with Crippen LogP contribution in [-0.2, 0) is 10.2 Å². The van der Waals surface area contributed by atoms with Gasteiger partial charge in [0.25, 0.3) is 10.2 Å². The molecule has 0 aromatic carbocycles. The zero-order valence-corrected chi connectivity index (χ0v) is 12.8. The van der Waals surface area contributed by atoms with Crippen LogP contribution in [0.3, 0.4) is 0 Å². The summed E-state index contributed by atoms with van der Waals surface area (Å²) in [5, 5.41) is 3.41. The number of piperidine rings is 1. The van der Waals surface area contributed by atoms with Crippen LogP contribution in [0, 0.1) is 0 Å². The van der Waals surface area contributed by atoms with Crippen LogP contribution in [0.1, 0.15) is 44.9 Å². The lowest BCUT2D eigenvalue weighted by molar-refractivity contribution is 0.312. The molecule has 0 spiro atoms. The van der Waals surface area contributed by atoms with Crippen molar-refractivity contribution in [2.75, 3.05) is 33.2 Å². The molecule has 5 nitrogen and oxygen atoms in total. The first-order valence-corrected chi connectivity index (χ1v) is 8.95. The molecule has 0 saturated carbocycles. The van der Waals surface area contributed by atoms with Gasteiger partial charge in [0.2, 0.25) is 0 Å². The first-order valence-electron chi connectivity index (χ1n) is 7.55. The van der Waals surface area contributed by atoms with E-state index in [2.05, 4.69) is 5.32 Å². The maximum Gasteiger partial charge on any atom is 0.281 e. The summed E-state index contributed by atoms with van der Waals surface area (Å²) in [7, 11) is -1.54. The minimum absolute atomic E-state index is 0.320. The van der Waals surface area contributed by atoms with E-state index in [1.807, 2.05) is 0 Å². The zero-order valence-electron chi connectivity index (χ0n) is 12.0. The predicted molar refractivity (Wildman–Crippen MR) is 77.2 cm³/mol. The molecule has 0 aromatic heterocycles. The van der Waals surface area contributed by atoms with Gasteiger partial charge < -0.3 is 5.32 Å². The van der Waals surface area contributed by atoms with Crippen molar-refractivity contribution in [3.05, 3.63) is 0 Å². The van der Waals surface area contributed by atoms with Gasteiger partial charge in [0.1, 0.15) is 0 Å². The van der Waals surface area contributed by atoms with E-state index in [-0.39, 0.29) is 0 Å². The van der Waals surface area contributed by atoms with Crippen molar-refractivity contribution < 1.29 is 8.42 Å². The summed E-state index contributed by atoms with van der Waals surface area (Å²) in [5.74, 6) is 0. The molecule has 1 unspecified atom stereocenters. The summed E-state index contributed by atoms with van der Waals surface area (Å²) < 4.78 is 28.3. The molecule has 2 rings (SSSR count). The van der Waals surface area contributed by atoms with E-state index in [1.54, 1.807) is 15.7 Å². The quantitative estimate of drug-likeness (QED) is 0.845. The van der Waals surface area contributed by atoms with Crippen molar-refractivity contribution in [2.24, 2.45) is 0 Å². The maximum absolute atomic E-state index is 12.5. The van der Waals surface area contributed by atoms with E-state index in [9.17, 15) is 8.42 Å². The molecule has 2 saturated heterocycles. The second-order valence-electron chi connectivity index (χ2n) is 5.75.